The van der Waals surface area contributed by atoms with E-state index in [-0.39, 0.29) is 5.91 Å². The summed E-state index contributed by atoms with van der Waals surface area (Å²) in [5.41, 5.74) is 2.92. The minimum Gasteiger partial charge on any atom is -0.497 e. The number of carbonyl (C=O) groups excluding carboxylic acids is 1. The molecule has 0 radical (unpaired) electrons. The van der Waals surface area contributed by atoms with Crippen molar-refractivity contribution >= 4 is 22.4 Å². The molecule has 3 aromatic rings. The van der Waals surface area contributed by atoms with Crippen LogP contribution in [0.15, 0.2) is 54.6 Å². The highest BCUT2D eigenvalue weighted by molar-refractivity contribution is 7.16. The second-order valence-corrected chi connectivity index (χ2v) is 8.06. The maximum absolute atomic E-state index is 12.7. The molecule has 1 saturated heterocycles. The van der Waals surface area contributed by atoms with Gasteiger partial charge in [0.1, 0.15) is 5.75 Å². The lowest BCUT2D eigenvalue weighted by atomic mass is 10.1. The first-order valence-corrected chi connectivity index (χ1v) is 10.7. The van der Waals surface area contributed by atoms with Crippen molar-refractivity contribution in [2.45, 2.75) is 13.3 Å². The lowest BCUT2D eigenvalue weighted by Gasteiger charge is -2.34. The fourth-order valence-electron chi connectivity index (χ4n) is 3.55. The molecule has 2 aromatic carbocycles. The summed E-state index contributed by atoms with van der Waals surface area (Å²) in [6.07, 6.45) is 0.950. The molecule has 29 heavy (non-hydrogen) atoms. The first-order chi connectivity index (χ1) is 14.2. The van der Waals surface area contributed by atoms with Crippen LogP contribution in [0.4, 0.5) is 5.13 Å². The SMILES string of the molecule is CCc1sc(N2CCN(C(=O)c3ccccc3)CC2)nc1-c1ccc(OC)cc1. The zero-order chi connectivity index (χ0) is 20.2. The van der Waals surface area contributed by atoms with Crippen LogP contribution < -0.4 is 9.64 Å². The number of thiazole rings is 1. The third-order valence-electron chi connectivity index (χ3n) is 5.23. The maximum Gasteiger partial charge on any atom is 0.253 e. The molecule has 0 saturated carbocycles. The highest BCUT2D eigenvalue weighted by Crippen LogP contribution is 2.34. The molecule has 5 nitrogen and oxygen atoms in total. The van der Waals surface area contributed by atoms with Crippen LogP contribution in [0.2, 0.25) is 0 Å². The van der Waals surface area contributed by atoms with E-state index >= 15 is 0 Å². The van der Waals surface area contributed by atoms with Crippen LogP contribution in [-0.2, 0) is 6.42 Å². The average Bonchev–Trinajstić information content (AvgIpc) is 3.24. The normalized spacial score (nSPS) is 14.1. The summed E-state index contributed by atoms with van der Waals surface area (Å²) >= 11 is 1.76. The fraction of sp³-hybridized carbons (Fsp3) is 0.304. The van der Waals surface area contributed by atoms with Gasteiger partial charge in [-0.05, 0) is 42.8 Å². The van der Waals surface area contributed by atoms with Crippen molar-refractivity contribution in [3.05, 3.63) is 65.0 Å². The Bertz CT molecular complexity index is 962. The van der Waals surface area contributed by atoms with Crippen LogP contribution in [-0.4, -0.2) is 49.1 Å². The van der Waals surface area contributed by atoms with Gasteiger partial charge in [0.2, 0.25) is 0 Å². The molecule has 0 atom stereocenters. The van der Waals surface area contributed by atoms with Crippen molar-refractivity contribution < 1.29 is 9.53 Å². The molecular formula is C23H25N3O2S. The van der Waals surface area contributed by atoms with E-state index in [1.54, 1.807) is 18.4 Å². The number of rotatable bonds is 5. The number of nitrogens with zero attached hydrogens (tertiary/aromatic N) is 3. The predicted molar refractivity (Wildman–Crippen MR) is 118 cm³/mol. The Morgan fingerprint density at radius 3 is 2.34 bits per heavy atom. The molecule has 0 aliphatic carbocycles. The number of benzene rings is 2. The van der Waals surface area contributed by atoms with E-state index in [4.69, 9.17) is 9.72 Å². The van der Waals surface area contributed by atoms with Gasteiger partial charge in [-0.25, -0.2) is 4.98 Å². The van der Waals surface area contributed by atoms with E-state index in [9.17, 15) is 4.79 Å². The molecule has 1 aromatic heterocycles. The molecule has 4 rings (SSSR count). The van der Waals surface area contributed by atoms with Gasteiger partial charge in [0.15, 0.2) is 5.13 Å². The van der Waals surface area contributed by atoms with Gasteiger partial charge in [-0.3, -0.25) is 4.79 Å². The Morgan fingerprint density at radius 2 is 1.72 bits per heavy atom. The average molecular weight is 408 g/mol. The van der Waals surface area contributed by atoms with Crippen molar-refractivity contribution in [1.29, 1.82) is 0 Å². The van der Waals surface area contributed by atoms with E-state index in [0.717, 1.165) is 47.2 Å². The summed E-state index contributed by atoms with van der Waals surface area (Å²) in [5.74, 6) is 0.957. The number of anilines is 1. The molecular weight excluding hydrogens is 382 g/mol. The van der Waals surface area contributed by atoms with Gasteiger partial charge >= 0.3 is 0 Å². The molecule has 1 amide bonds. The second kappa shape index (κ2) is 8.66. The molecule has 6 heteroatoms. The zero-order valence-corrected chi connectivity index (χ0v) is 17.6. The number of methoxy groups -OCH3 is 1. The van der Waals surface area contributed by atoms with Crippen LogP contribution in [0.25, 0.3) is 11.3 Å². The predicted octanol–water partition coefficient (Wildman–Crippen LogP) is 4.34. The number of hydrogen-bond donors (Lipinski definition) is 0. The van der Waals surface area contributed by atoms with Crippen LogP contribution in [0.3, 0.4) is 0 Å². The third kappa shape index (κ3) is 4.12. The quantitative estimate of drug-likeness (QED) is 0.631. The number of hydrogen-bond acceptors (Lipinski definition) is 5. The van der Waals surface area contributed by atoms with Crippen LogP contribution >= 0.6 is 11.3 Å². The molecule has 150 valence electrons. The minimum absolute atomic E-state index is 0.109. The number of carbonyl (C=O) groups is 1. The summed E-state index contributed by atoms with van der Waals surface area (Å²) in [4.78, 5) is 23.1. The Hall–Kier alpha value is -2.86. The van der Waals surface area contributed by atoms with Gasteiger partial charge < -0.3 is 14.5 Å². The van der Waals surface area contributed by atoms with E-state index in [1.807, 2.05) is 47.4 Å². The van der Waals surface area contributed by atoms with Crippen LogP contribution in [0.5, 0.6) is 5.75 Å². The first kappa shape index (κ1) is 19.5. The maximum atomic E-state index is 12.7. The van der Waals surface area contributed by atoms with Crippen molar-refractivity contribution in [3.63, 3.8) is 0 Å². The molecule has 0 unspecified atom stereocenters. The summed E-state index contributed by atoms with van der Waals surface area (Å²) in [7, 11) is 1.68. The minimum atomic E-state index is 0.109. The van der Waals surface area contributed by atoms with Gasteiger partial charge in [-0.15, -0.1) is 11.3 Å². The number of aryl methyl sites for hydroxylation is 1. The van der Waals surface area contributed by atoms with Crippen molar-refractivity contribution in [2.75, 3.05) is 38.2 Å². The van der Waals surface area contributed by atoms with Crippen LogP contribution in [0.1, 0.15) is 22.2 Å². The first-order valence-electron chi connectivity index (χ1n) is 9.93. The molecule has 0 spiro atoms. The molecule has 1 aliphatic rings. The van der Waals surface area contributed by atoms with Gasteiger partial charge in [0.05, 0.1) is 12.8 Å². The van der Waals surface area contributed by atoms with E-state index in [1.165, 1.54) is 4.88 Å². The number of piperazine rings is 1. The van der Waals surface area contributed by atoms with Gasteiger partial charge in [0.25, 0.3) is 5.91 Å². The van der Waals surface area contributed by atoms with Crippen molar-refractivity contribution in [1.82, 2.24) is 9.88 Å². The highest BCUT2D eigenvalue weighted by atomic mass is 32.1. The molecule has 1 fully saturated rings. The topological polar surface area (TPSA) is 45.7 Å². The van der Waals surface area contributed by atoms with Crippen molar-refractivity contribution in [3.8, 4) is 17.0 Å². The largest absolute Gasteiger partial charge is 0.497 e. The Labute approximate surface area is 175 Å². The fourth-order valence-corrected chi connectivity index (χ4v) is 4.63. The number of amides is 1. The summed E-state index contributed by atoms with van der Waals surface area (Å²) < 4.78 is 5.27. The van der Waals surface area contributed by atoms with Gasteiger partial charge in [-0.2, -0.15) is 0 Å². The molecule has 2 heterocycles. The second-order valence-electron chi connectivity index (χ2n) is 7.00. The standard InChI is InChI=1S/C23H25N3O2S/c1-3-20-21(17-9-11-19(28-2)12-10-17)24-23(29-20)26-15-13-25(14-16-26)22(27)18-7-5-4-6-8-18/h4-12H,3,13-16H2,1-2H3. The van der Waals surface area contributed by atoms with E-state index < -0.39 is 0 Å². The summed E-state index contributed by atoms with van der Waals surface area (Å²) in [6, 6.07) is 17.6. The summed E-state index contributed by atoms with van der Waals surface area (Å²) in [6.45, 7) is 5.20. The molecule has 0 bridgehead atoms. The lowest BCUT2D eigenvalue weighted by Crippen LogP contribution is -2.48. The molecule has 1 aliphatic heterocycles. The monoisotopic (exact) mass is 407 g/mol. The number of ether oxygens (including phenoxy) is 1. The molecule has 0 N–H and O–H groups in total. The van der Waals surface area contributed by atoms with Gasteiger partial charge in [-0.1, -0.05) is 25.1 Å². The summed E-state index contributed by atoms with van der Waals surface area (Å²) in [5, 5.41) is 1.04. The van der Waals surface area contributed by atoms with E-state index in [0.29, 0.717) is 13.1 Å². The number of aromatic nitrogens is 1. The lowest BCUT2D eigenvalue weighted by molar-refractivity contribution is 0.0747. The smallest absolute Gasteiger partial charge is 0.253 e. The van der Waals surface area contributed by atoms with E-state index in [2.05, 4.69) is 24.0 Å². The third-order valence-corrected chi connectivity index (χ3v) is 6.49. The Morgan fingerprint density at radius 1 is 1.03 bits per heavy atom. The van der Waals surface area contributed by atoms with Crippen LogP contribution in [0, 0.1) is 0 Å². The zero-order valence-electron chi connectivity index (χ0n) is 16.8. The Balaban J connectivity index is 1.47. The van der Waals surface area contributed by atoms with Gasteiger partial charge in [0, 0.05) is 42.2 Å². The highest BCUT2D eigenvalue weighted by Gasteiger charge is 2.24. The van der Waals surface area contributed by atoms with Crippen molar-refractivity contribution in [2.24, 2.45) is 0 Å². The Kier molecular flexibility index (Phi) is 5.81.